The minimum absolute atomic E-state index is 0.0457. The van der Waals surface area contributed by atoms with Crippen LogP contribution >= 0.6 is 11.6 Å². The first-order chi connectivity index (χ1) is 15.1. The number of benzene rings is 3. The van der Waals surface area contributed by atoms with Crippen LogP contribution in [-0.2, 0) is 10.0 Å². The maximum atomic E-state index is 13.0. The van der Waals surface area contributed by atoms with Gasteiger partial charge in [-0.2, -0.15) is 0 Å². The highest BCUT2D eigenvalue weighted by Gasteiger charge is 2.22. The molecule has 0 aliphatic rings. The van der Waals surface area contributed by atoms with Crippen LogP contribution in [0.2, 0.25) is 5.02 Å². The minimum Gasteiger partial charge on any atom is -0.345 e. The van der Waals surface area contributed by atoms with Crippen molar-refractivity contribution in [1.29, 1.82) is 0 Å². The van der Waals surface area contributed by atoms with Gasteiger partial charge in [-0.1, -0.05) is 66.0 Å². The zero-order valence-electron chi connectivity index (χ0n) is 18.6. The standard InChI is InChI=1S/C25H27ClN2O3S/c1-5-22(19-9-6-16(2)7-10-19)27-25(29)20-11-12-21(26)24(15-20)32(30,31)28-23-13-8-17(3)14-18(23)4/h6-15,22,28H,5H2,1-4H3,(H,27,29)/t22-/m1/s1. The van der Waals surface area contributed by atoms with E-state index in [4.69, 9.17) is 11.6 Å². The molecule has 0 aromatic heterocycles. The number of carbonyl (C=O) groups excluding carboxylic acids is 1. The normalized spacial score (nSPS) is 12.3. The molecule has 32 heavy (non-hydrogen) atoms. The van der Waals surface area contributed by atoms with Crippen LogP contribution in [0.1, 0.15) is 52.0 Å². The molecule has 0 spiro atoms. The highest BCUT2D eigenvalue weighted by Crippen LogP contribution is 2.27. The van der Waals surface area contributed by atoms with E-state index in [1.807, 2.05) is 64.1 Å². The van der Waals surface area contributed by atoms with Crippen LogP contribution in [0.25, 0.3) is 0 Å². The summed E-state index contributed by atoms with van der Waals surface area (Å²) in [5, 5.41) is 3.03. The molecule has 0 unspecified atom stereocenters. The van der Waals surface area contributed by atoms with E-state index in [0.29, 0.717) is 12.1 Å². The quantitative estimate of drug-likeness (QED) is 0.448. The van der Waals surface area contributed by atoms with Gasteiger partial charge in [0.1, 0.15) is 4.90 Å². The first kappa shape index (κ1) is 23.8. The summed E-state index contributed by atoms with van der Waals surface area (Å²) < 4.78 is 28.7. The van der Waals surface area contributed by atoms with E-state index in [1.165, 1.54) is 18.2 Å². The second-order valence-corrected chi connectivity index (χ2v) is 9.97. The average Bonchev–Trinajstić information content (AvgIpc) is 2.74. The van der Waals surface area contributed by atoms with Gasteiger partial charge in [0.2, 0.25) is 0 Å². The zero-order valence-corrected chi connectivity index (χ0v) is 20.1. The van der Waals surface area contributed by atoms with Gasteiger partial charge in [-0.25, -0.2) is 8.42 Å². The molecule has 0 bridgehead atoms. The Kier molecular flexibility index (Phi) is 7.26. The Morgan fingerprint density at radius 1 is 0.938 bits per heavy atom. The van der Waals surface area contributed by atoms with Crippen LogP contribution in [0.5, 0.6) is 0 Å². The third-order valence-corrected chi connectivity index (χ3v) is 7.15. The summed E-state index contributed by atoms with van der Waals surface area (Å²) in [6.45, 7) is 7.75. The molecule has 0 saturated carbocycles. The van der Waals surface area contributed by atoms with Crippen molar-refractivity contribution in [3.8, 4) is 0 Å². The number of aryl methyl sites for hydroxylation is 3. The van der Waals surface area contributed by atoms with Crippen LogP contribution in [-0.4, -0.2) is 14.3 Å². The molecule has 0 aliphatic heterocycles. The molecular weight excluding hydrogens is 444 g/mol. The summed E-state index contributed by atoms with van der Waals surface area (Å²) in [6, 6.07) is 17.5. The van der Waals surface area contributed by atoms with Crippen molar-refractivity contribution in [1.82, 2.24) is 5.32 Å². The lowest BCUT2D eigenvalue weighted by Gasteiger charge is -2.18. The number of hydrogen-bond acceptors (Lipinski definition) is 3. The summed E-state index contributed by atoms with van der Waals surface area (Å²) in [5.41, 5.74) is 4.64. The predicted octanol–water partition coefficient (Wildman–Crippen LogP) is 5.95. The number of nitrogens with one attached hydrogen (secondary N) is 2. The van der Waals surface area contributed by atoms with E-state index in [1.54, 1.807) is 6.07 Å². The van der Waals surface area contributed by atoms with E-state index in [2.05, 4.69) is 10.0 Å². The fourth-order valence-corrected chi connectivity index (χ4v) is 5.10. The van der Waals surface area contributed by atoms with Gasteiger partial charge in [-0.3, -0.25) is 9.52 Å². The Morgan fingerprint density at radius 3 is 2.22 bits per heavy atom. The predicted molar refractivity (Wildman–Crippen MR) is 130 cm³/mol. The van der Waals surface area contributed by atoms with E-state index < -0.39 is 10.0 Å². The number of hydrogen-bond donors (Lipinski definition) is 2. The lowest BCUT2D eigenvalue weighted by molar-refractivity contribution is 0.0935. The van der Waals surface area contributed by atoms with Crippen LogP contribution in [0, 0.1) is 20.8 Å². The molecule has 0 aliphatic carbocycles. The second-order valence-electron chi connectivity index (χ2n) is 7.91. The first-order valence-electron chi connectivity index (χ1n) is 10.4. The molecule has 0 heterocycles. The van der Waals surface area contributed by atoms with E-state index in [0.717, 1.165) is 22.3 Å². The molecule has 3 aromatic rings. The Balaban J connectivity index is 1.86. The molecule has 3 rings (SSSR count). The van der Waals surface area contributed by atoms with Gasteiger partial charge in [-0.05, 0) is 62.6 Å². The van der Waals surface area contributed by atoms with Crippen molar-refractivity contribution in [3.63, 3.8) is 0 Å². The molecule has 1 atom stereocenters. The Hall–Kier alpha value is -2.83. The fraction of sp³-hybridized carbons (Fsp3) is 0.240. The van der Waals surface area contributed by atoms with Crippen LogP contribution < -0.4 is 10.0 Å². The number of sulfonamides is 1. The molecule has 0 saturated heterocycles. The van der Waals surface area contributed by atoms with Gasteiger partial charge < -0.3 is 5.32 Å². The first-order valence-corrected chi connectivity index (χ1v) is 12.2. The highest BCUT2D eigenvalue weighted by molar-refractivity contribution is 7.92. The van der Waals surface area contributed by atoms with Gasteiger partial charge in [0, 0.05) is 5.56 Å². The summed E-state index contributed by atoms with van der Waals surface area (Å²) in [6.07, 6.45) is 0.696. The van der Waals surface area contributed by atoms with E-state index in [9.17, 15) is 13.2 Å². The van der Waals surface area contributed by atoms with E-state index >= 15 is 0 Å². The zero-order chi connectivity index (χ0) is 23.5. The third kappa shape index (κ3) is 5.50. The SMILES string of the molecule is CC[C@@H](NC(=O)c1ccc(Cl)c(S(=O)(=O)Nc2ccc(C)cc2C)c1)c1ccc(C)cc1. The van der Waals surface area contributed by atoms with Gasteiger partial charge in [0.15, 0.2) is 0 Å². The van der Waals surface area contributed by atoms with Crippen molar-refractivity contribution in [2.75, 3.05) is 4.72 Å². The van der Waals surface area contributed by atoms with Crippen molar-refractivity contribution in [2.24, 2.45) is 0 Å². The smallest absolute Gasteiger partial charge is 0.263 e. The lowest BCUT2D eigenvalue weighted by atomic mass is 10.0. The number of rotatable bonds is 7. The number of amides is 1. The monoisotopic (exact) mass is 470 g/mol. The molecule has 0 radical (unpaired) electrons. The van der Waals surface area contributed by atoms with Gasteiger partial charge >= 0.3 is 0 Å². The van der Waals surface area contributed by atoms with Crippen LogP contribution in [0.3, 0.4) is 0 Å². The maximum absolute atomic E-state index is 13.0. The highest BCUT2D eigenvalue weighted by atomic mass is 35.5. The van der Waals surface area contributed by atoms with Gasteiger partial charge in [-0.15, -0.1) is 0 Å². The molecule has 5 nitrogen and oxygen atoms in total. The Morgan fingerprint density at radius 2 is 1.59 bits per heavy atom. The number of carbonyl (C=O) groups is 1. The molecular formula is C25H27ClN2O3S. The summed E-state index contributed by atoms with van der Waals surface area (Å²) in [5.74, 6) is -0.364. The van der Waals surface area contributed by atoms with Gasteiger partial charge in [0.25, 0.3) is 15.9 Å². The van der Waals surface area contributed by atoms with E-state index in [-0.39, 0.29) is 27.4 Å². The van der Waals surface area contributed by atoms with Crippen molar-refractivity contribution in [2.45, 2.75) is 45.1 Å². The molecule has 168 valence electrons. The summed E-state index contributed by atoms with van der Waals surface area (Å²) in [7, 11) is -3.99. The van der Waals surface area contributed by atoms with Crippen molar-refractivity contribution < 1.29 is 13.2 Å². The topological polar surface area (TPSA) is 75.3 Å². The lowest BCUT2D eigenvalue weighted by Crippen LogP contribution is -2.28. The molecule has 1 amide bonds. The Labute approximate surface area is 194 Å². The summed E-state index contributed by atoms with van der Waals surface area (Å²) in [4.78, 5) is 12.8. The Bertz CT molecular complexity index is 1240. The van der Waals surface area contributed by atoms with Crippen LogP contribution in [0.15, 0.2) is 65.6 Å². The molecule has 3 aromatic carbocycles. The van der Waals surface area contributed by atoms with Crippen LogP contribution in [0.4, 0.5) is 5.69 Å². The molecule has 2 N–H and O–H groups in total. The maximum Gasteiger partial charge on any atom is 0.263 e. The largest absolute Gasteiger partial charge is 0.345 e. The second kappa shape index (κ2) is 9.76. The minimum atomic E-state index is -3.99. The molecule has 0 fully saturated rings. The summed E-state index contributed by atoms with van der Waals surface area (Å²) >= 11 is 6.21. The van der Waals surface area contributed by atoms with Gasteiger partial charge in [0.05, 0.1) is 16.8 Å². The number of anilines is 1. The van der Waals surface area contributed by atoms with Crippen molar-refractivity contribution >= 4 is 33.2 Å². The average molecular weight is 471 g/mol. The molecule has 7 heteroatoms. The number of halogens is 1. The third-order valence-electron chi connectivity index (χ3n) is 5.30. The fourth-order valence-electron chi connectivity index (χ4n) is 3.44. The van der Waals surface area contributed by atoms with Crippen molar-refractivity contribution in [3.05, 3.63) is 93.5 Å².